The van der Waals surface area contributed by atoms with Gasteiger partial charge in [0.1, 0.15) is 12.3 Å². The lowest BCUT2D eigenvalue weighted by molar-refractivity contribution is -0.129. The number of hydrogen-bond acceptors (Lipinski definition) is 4. The average Bonchev–Trinajstić information content (AvgIpc) is 3.02. The summed E-state index contributed by atoms with van der Waals surface area (Å²) in [7, 11) is -2.46. The Morgan fingerprint density at radius 1 is 1.07 bits per heavy atom. The summed E-state index contributed by atoms with van der Waals surface area (Å²) in [4.78, 5) is 14.9. The van der Waals surface area contributed by atoms with E-state index in [1.807, 2.05) is 0 Å². The van der Waals surface area contributed by atoms with Gasteiger partial charge in [-0.3, -0.25) is 9.10 Å². The van der Waals surface area contributed by atoms with Gasteiger partial charge in [-0.25, -0.2) is 8.42 Å². The zero-order valence-electron chi connectivity index (χ0n) is 16.4. The van der Waals surface area contributed by atoms with Crippen LogP contribution < -0.4 is 9.04 Å². The molecule has 0 aliphatic carbocycles. The van der Waals surface area contributed by atoms with Gasteiger partial charge in [0, 0.05) is 13.1 Å². The third-order valence-corrected chi connectivity index (χ3v) is 7.08. The van der Waals surface area contributed by atoms with Crippen LogP contribution in [0.2, 0.25) is 5.02 Å². The molecule has 0 aromatic heterocycles. The SMILES string of the molecule is COc1ccc(N(CC(=O)N2CCCCCC2)S(=O)(=O)c2ccccc2)cc1Cl. The van der Waals surface area contributed by atoms with Crippen molar-refractivity contribution in [1.29, 1.82) is 0 Å². The summed E-state index contributed by atoms with van der Waals surface area (Å²) >= 11 is 6.23. The van der Waals surface area contributed by atoms with Crippen LogP contribution in [0, 0.1) is 0 Å². The number of carbonyl (C=O) groups excluding carboxylic acids is 1. The highest BCUT2D eigenvalue weighted by molar-refractivity contribution is 7.92. The Kier molecular flexibility index (Phi) is 7.03. The molecule has 1 saturated heterocycles. The van der Waals surface area contributed by atoms with Crippen molar-refractivity contribution in [1.82, 2.24) is 4.90 Å². The Bertz CT molecular complexity index is 942. The first-order chi connectivity index (χ1) is 13.9. The van der Waals surface area contributed by atoms with Gasteiger partial charge < -0.3 is 9.64 Å². The summed E-state index contributed by atoms with van der Waals surface area (Å²) in [6.45, 7) is 1.03. The highest BCUT2D eigenvalue weighted by atomic mass is 35.5. The first kappa shape index (κ1) is 21.5. The van der Waals surface area contributed by atoms with Crippen molar-refractivity contribution < 1.29 is 17.9 Å². The van der Waals surface area contributed by atoms with Gasteiger partial charge in [0.25, 0.3) is 10.0 Å². The second kappa shape index (κ2) is 9.50. The van der Waals surface area contributed by atoms with E-state index < -0.39 is 10.0 Å². The number of benzene rings is 2. The molecule has 8 heteroatoms. The molecule has 2 aromatic rings. The third-order valence-electron chi connectivity index (χ3n) is 4.99. The summed E-state index contributed by atoms with van der Waals surface area (Å²) in [5.74, 6) is 0.227. The molecule has 0 atom stereocenters. The fourth-order valence-electron chi connectivity index (χ4n) is 3.39. The molecule has 0 N–H and O–H groups in total. The highest BCUT2D eigenvalue weighted by Crippen LogP contribution is 2.32. The van der Waals surface area contributed by atoms with Crippen molar-refractivity contribution in [2.24, 2.45) is 0 Å². The minimum Gasteiger partial charge on any atom is -0.495 e. The second-order valence-electron chi connectivity index (χ2n) is 6.94. The molecule has 156 valence electrons. The Morgan fingerprint density at radius 3 is 2.31 bits per heavy atom. The molecule has 6 nitrogen and oxygen atoms in total. The lowest BCUT2D eigenvalue weighted by Crippen LogP contribution is -2.43. The van der Waals surface area contributed by atoms with E-state index in [0.29, 0.717) is 24.5 Å². The van der Waals surface area contributed by atoms with E-state index in [1.54, 1.807) is 35.2 Å². The van der Waals surface area contributed by atoms with Gasteiger partial charge in [0.2, 0.25) is 5.91 Å². The van der Waals surface area contributed by atoms with Crippen molar-refractivity contribution >= 4 is 33.2 Å². The lowest BCUT2D eigenvalue weighted by atomic mass is 10.2. The molecule has 0 bridgehead atoms. The maximum absolute atomic E-state index is 13.4. The molecular formula is C21H25ClN2O4S. The van der Waals surface area contributed by atoms with Crippen LogP contribution in [0.1, 0.15) is 25.7 Å². The topological polar surface area (TPSA) is 66.9 Å². The molecule has 0 spiro atoms. The Balaban J connectivity index is 1.97. The van der Waals surface area contributed by atoms with Crippen molar-refractivity contribution in [3.05, 3.63) is 53.6 Å². The van der Waals surface area contributed by atoms with Gasteiger partial charge >= 0.3 is 0 Å². The van der Waals surface area contributed by atoms with Gasteiger partial charge in [-0.15, -0.1) is 0 Å². The van der Waals surface area contributed by atoms with Gasteiger partial charge in [0.05, 0.1) is 22.7 Å². The van der Waals surface area contributed by atoms with E-state index in [2.05, 4.69) is 0 Å². The van der Waals surface area contributed by atoms with Crippen LogP contribution >= 0.6 is 11.6 Å². The molecular weight excluding hydrogens is 412 g/mol. The summed E-state index contributed by atoms with van der Waals surface area (Å²) in [5.41, 5.74) is 0.322. The minimum atomic E-state index is -3.95. The molecule has 2 aromatic carbocycles. The van der Waals surface area contributed by atoms with Gasteiger partial charge in [-0.05, 0) is 43.2 Å². The number of nitrogens with zero attached hydrogens (tertiary/aromatic N) is 2. The molecule has 1 amide bonds. The molecule has 0 unspecified atom stereocenters. The monoisotopic (exact) mass is 436 g/mol. The number of halogens is 1. The fraction of sp³-hybridized carbons (Fsp3) is 0.381. The number of hydrogen-bond donors (Lipinski definition) is 0. The smallest absolute Gasteiger partial charge is 0.264 e. The number of rotatable bonds is 6. The normalized spacial score (nSPS) is 14.9. The summed E-state index contributed by atoms with van der Waals surface area (Å²) < 4.78 is 33.0. The molecule has 0 saturated carbocycles. The molecule has 1 aliphatic heterocycles. The van der Waals surface area contributed by atoms with E-state index >= 15 is 0 Å². The maximum atomic E-state index is 13.4. The first-order valence-electron chi connectivity index (χ1n) is 9.62. The van der Waals surface area contributed by atoms with Crippen LogP contribution in [-0.4, -0.2) is 46.0 Å². The molecule has 0 radical (unpaired) electrons. The Morgan fingerprint density at radius 2 is 1.72 bits per heavy atom. The molecule has 29 heavy (non-hydrogen) atoms. The second-order valence-corrected chi connectivity index (χ2v) is 9.21. The maximum Gasteiger partial charge on any atom is 0.264 e. The Hall–Kier alpha value is -2.25. The summed E-state index contributed by atoms with van der Waals surface area (Å²) in [6.07, 6.45) is 4.05. The largest absolute Gasteiger partial charge is 0.495 e. The van der Waals surface area contributed by atoms with Gasteiger partial charge in [-0.2, -0.15) is 0 Å². The predicted octanol–water partition coefficient (Wildman–Crippen LogP) is 3.95. The van der Waals surface area contributed by atoms with Crippen LogP contribution in [0.5, 0.6) is 5.75 Å². The van der Waals surface area contributed by atoms with Crippen molar-refractivity contribution in [3.8, 4) is 5.75 Å². The quantitative estimate of drug-likeness (QED) is 0.687. The van der Waals surface area contributed by atoms with Gasteiger partial charge in [-0.1, -0.05) is 42.6 Å². The van der Waals surface area contributed by atoms with E-state index in [4.69, 9.17) is 16.3 Å². The average molecular weight is 437 g/mol. The molecule has 1 fully saturated rings. The van der Waals surface area contributed by atoms with Crippen LogP contribution in [0.4, 0.5) is 5.69 Å². The lowest BCUT2D eigenvalue weighted by Gasteiger charge is -2.28. The Labute approximate surface area is 177 Å². The van der Waals surface area contributed by atoms with Crippen molar-refractivity contribution in [3.63, 3.8) is 0 Å². The van der Waals surface area contributed by atoms with Crippen LogP contribution in [0.25, 0.3) is 0 Å². The molecule has 1 heterocycles. The van der Waals surface area contributed by atoms with E-state index in [-0.39, 0.29) is 22.4 Å². The number of methoxy groups -OCH3 is 1. The minimum absolute atomic E-state index is 0.121. The zero-order chi connectivity index (χ0) is 20.9. The van der Waals surface area contributed by atoms with Gasteiger partial charge in [0.15, 0.2) is 0 Å². The first-order valence-corrected chi connectivity index (χ1v) is 11.4. The van der Waals surface area contributed by atoms with Crippen molar-refractivity contribution in [2.45, 2.75) is 30.6 Å². The summed E-state index contributed by atoms with van der Waals surface area (Å²) in [5, 5.41) is 0.278. The standard InChI is InChI=1S/C21H25ClN2O4S/c1-28-20-12-11-17(15-19(20)22)24(29(26,27)18-9-5-4-6-10-18)16-21(25)23-13-7-2-3-8-14-23/h4-6,9-12,15H,2-3,7-8,13-14,16H2,1H3. The van der Waals surface area contributed by atoms with E-state index in [1.165, 1.54) is 25.3 Å². The number of sulfonamides is 1. The van der Waals surface area contributed by atoms with Crippen molar-refractivity contribution in [2.75, 3.05) is 31.0 Å². The van der Waals surface area contributed by atoms with E-state index in [9.17, 15) is 13.2 Å². The molecule has 1 aliphatic rings. The van der Waals surface area contributed by atoms with E-state index in [0.717, 1.165) is 30.0 Å². The fourth-order valence-corrected chi connectivity index (χ4v) is 5.07. The summed E-state index contributed by atoms with van der Waals surface area (Å²) in [6, 6.07) is 12.8. The molecule has 3 rings (SSSR count). The number of ether oxygens (including phenoxy) is 1. The number of amides is 1. The third kappa shape index (κ3) is 5.03. The number of anilines is 1. The van der Waals surface area contributed by atoms with Crippen LogP contribution in [0.3, 0.4) is 0 Å². The predicted molar refractivity (Wildman–Crippen MR) is 114 cm³/mol. The zero-order valence-corrected chi connectivity index (χ0v) is 18.0. The van der Waals surface area contributed by atoms with Crippen LogP contribution in [0.15, 0.2) is 53.4 Å². The highest BCUT2D eigenvalue weighted by Gasteiger charge is 2.29. The number of likely N-dealkylation sites (tertiary alicyclic amines) is 1. The number of carbonyl (C=O) groups is 1. The van der Waals surface area contributed by atoms with Crippen LogP contribution in [-0.2, 0) is 14.8 Å².